The van der Waals surface area contributed by atoms with Crippen LogP contribution in [0, 0.1) is 0 Å². The van der Waals surface area contributed by atoms with Crippen molar-refractivity contribution in [2.75, 3.05) is 20.3 Å². The van der Waals surface area contributed by atoms with Gasteiger partial charge in [-0.1, -0.05) is 0 Å². The van der Waals surface area contributed by atoms with Crippen LogP contribution >= 0.6 is 0 Å². The average molecular weight is 236 g/mol. The maximum Gasteiger partial charge on any atom is 0.255 e. The Labute approximate surface area is 100 Å². The molecule has 1 N–H and O–H groups in total. The maximum atomic E-state index is 12.2. The first-order chi connectivity index (χ1) is 8.22. The predicted octanol–water partition coefficient (Wildman–Crippen LogP) is 1.04. The average Bonchev–Trinajstić information content (AvgIpc) is 3.14. The lowest BCUT2D eigenvalue weighted by atomic mass is 10.2. The van der Waals surface area contributed by atoms with E-state index in [1.54, 1.807) is 12.0 Å². The van der Waals surface area contributed by atoms with Crippen molar-refractivity contribution >= 4 is 5.91 Å². The van der Waals surface area contributed by atoms with Gasteiger partial charge in [0.05, 0.1) is 18.4 Å². The van der Waals surface area contributed by atoms with Crippen LogP contribution in [0.1, 0.15) is 23.2 Å². The van der Waals surface area contributed by atoms with Crippen LogP contribution in [0.3, 0.4) is 0 Å². The molecule has 1 aromatic heterocycles. The summed E-state index contributed by atoms with van der Waals surface area (Å²) in [5, 5.41) is 9.32. The van der Waals surface area contributed by atoms with Crippen molar-refractivity contribution in [2.45, 2.75) is 18.9 Å². The van der Waals surface area contributed by atoms with E-state index in [9.17, 15) is 9.90 Å². The number of rotatable bonds is 5. The zero-order valence-corrected chi connectivity index (χ0v) is 9.80. The summed E-state index contributed by atoms with van der Waals surface area (Å²) in [4.78, 5) is 17.8. The summed E-state index contributed by atoms with van der Waals surface area (Å²) in [5.74, 6) is -0.0775. The quantitative estimate of drug-likeness (QED) is 0.829. The van der Waals surface area contributed by atoms with E-state index in [1.165, 1.54) is 18.5 Å². The minimum atomic E-state index is -0.0899. The summed E-state index contributed by atoms with van der Waals surface area (Å²) in [5.41, 5.74) is 0.424. The van der Waals surface area contributed by atoms with E-state index < -0.39 is 0 Å². The summed E-state index contributed by atoms with van der Waals surface area (Å²) in [7, 11) is 1.62. The molecule has 1 amide bonds. The minimum Gasteiger partial charge on any atom is -0.506 e. The Balaban J connectivity index is 2.10. The van der Waals surface area contributed by atoms with Gasteiger partial charge in [0.15, 0.2) is 0 Å². The second-order valence-corrected chi connectivity index (χ2v) is 4.15. The van der Waals surface area contributed by atoms with Crippen molar-refractivity contribution < 1.29 is 14.6 Å². The third kappa shape index (κ3) is 2.94. The summed E-state index contributed by atoms with van der Waals surface area (Å²) < 4.78 is 5.00. The molecule has 17 heavy (non-hydrogen) atoms. The molecule has 0 aliphatic heterocycles. The van der Waals surface area contributed by atoms with Gasteiger partial charge in [0.1, 0.15) is 5.75 Å². The number of hydrogen-bond acceptors (Lipinski definition) is 4. The number of carbonyl (C=O) groups is 1. The second kappa shape index (κ2) is 5.14. The van der Waals surface area contributed by atoms with Crippen molar-refractivity contribution in [3.8, 4) is 5.75 Å². The van der Waals surface area contributed by atoms with Gasteiger partial charge in [0, 0.05) is 25.9 Å². The van der Waals surface area contributed by atoms with Gasteiger partial charge in [0.25, 0.3) is 5.91 Å². The number of hydrogen-bond donors (Lipinski definition) is 1. The Bertz CT molecular complexity index is 404. The van der Waals surface area contributed by atoms with Gasteiger partial charge in [-0.25, -0.2) is 0 Å². The fourth-order valence-corrected chi connectivity index (χ4v) is 1.74. The fraction of sp³-hybridized carbons (Fsp3) is 0.500. The van der Waals surface area contributed by atoms with Crippen molar-refractivity contribution in [1.29, 1.82) is 0 Å². The van der Waals surface area contributed by atoms with Crippen LogP contribution in [0.4, 0.5) is 0 Å². The lowest BCUT2D eigenvalue weighted by Gasteiger charge is -2.21. The molecule has 5 nitrogen and oxygen atoms in total. The number of aromatic nitrogens is 1. The molecule has 0 atom stereocenters. The van der Waals surface area contributed by atoms with E-state index in [-0.39, 0.29) is 11.7 Å². The molecular weight excluding hydrogens is 220 g/mol. The first kappa shape index (κ1) is 11.9. The van der Waals surface area contributed by atoms with Crippen LogP contribution in [-0.2, 0) is 4.74 Å². The number of pyridine rings is 1. The number of methoxy groups -OCH3 is 1. The molecule has 5 heteroatoms. The second-order valence-electron chi connectivity index (χ2n) is 4.15. The minimum absolute atomic E-state index is 0.0124. The molecule has 0 saturated heterocycles. The van der Waals surface area contributed by atoms with Gasteiger partial charge in [-0.2, -0.15) is 0 Å². The van der Waals surface area contributed by atoms with E-state index in [1.807, 2.05) is 0 Å². The summed E-state index contributed by atoms with van der Waals surface area (Å²) in [6.45, 7) is 1.10. The zero-order chi connectivity index (χ0) is 12.3. The van der Waals surface area contributed by atoms with Gasteiger partial charge in [-0.15, -0.1) is 0 Å². The lowest BCUT2D eigenvalue weighted by Crippen LogP contribution is -2.35. The Morgan fingerprint density at radius 1 is 1.59 bits per heavy atom. The monoisotopic (exact) mass is 236 g/mol. The number of carbonyl (C=O) groups excluding carboxylic acids is 1. The van der Waals surface area contributed by atoms with Crippen molar-refractivity contribution in [3.63, 3.8) is 0 Å². The van der Waals surface area contributed by atoms with Crippen LogP contribution in [0.15, 0.2) is 18.5 Å². The van der Waals surface area contributed by atoms with Gasteiger partial charge < -0.3 is 14.7 Å². The van der Waals surface area contributed by atoms with E-state index in [0.29, 0.717) is 24.8 Å². The van der Waals surface area contributed by atoms with E-state index in [2.05, 4.69) is 4.98 Å². The molecule has 2 rings (SSSR count). The first-order valence-electron chi connectivity index (χ1n) is 5.66. The highest BCUT2D eigenvalue weighted by atomic mass is 16.5. The highest BCUT2D eigenvalue weighted by Gasteiger charge is 2.32. The van der Waals surface area contributed by atoms with E-state index >= 15 is 0 Å². The Morgan fingerprint density at radius 2 is 2.35 bits per heavy atom. The molecule has 0 aromatic carbocycles. The molecule has 0 spiro atoms. The van der Waals surface area contributed by atoms with Crippen LogP contribution in [0.25, 0.3) is 0 Å². The van der Waals surface area contributed by atoms with Crippen molar-refractivity contribution in [3.05, 3.63) is 24.0 Å². The van der Waals surface area contributed by atoms with E-state index in [4.69, 9.17) is 4.74 Å². The van der Waals surface area contributed by atoms with Crippen LogP contribution in [-0.4, -0.2) is 47.2 Å². The number of aromatic hydroxyl groups is 1. The van der Waals surface area contributed by atoms with Gasteiger partial charge in [0.2, 0.25) is 0 Å². The summed E-state index contributed by atoms with van der Waals surface area (Å²) >= 11 is 0. The topological polar surface area (TPSA) is 62.7 Å². The van der Waals surface area contributed by atoms with E-state index in [0.717, 1.165) is 12.8 Å². The molecule has 92 valence electrons. The highest BCUT2D eigenvalue weighted by Crippen LogP contribution is 2.28. The van der Waals surface area contributed by atoms with Crippen LogP contribution in [0.2, 0.25) is 0 Å². The number of amides is 1. The molecule has 0 radical (unpaired) electrons. The smallest absolute Gasteiger partial charge is 0.255 e. The van der Waals surface area contributed by atoms with Crippen LogP contribution < -0.4 is 0 Å². The Hall–Kier alpha value is -1.62. The SMILES string of the molecule is COCCN(C(=O)c1cncc(O)c1)C1CC1. The Morgan fingerprint density at radius 3 is 2.94 bits per heavy atom. The van der Waals surface area contributed by atoms with Crippen molar-refractivity contribution in [1.82, 2.24) is 9.88 Å². The highest BCUT2D eigenvalue weighted by molar-refractivity contribution is 5.94. The molecule has 0 bridgehead atoms. The maximum absolute atomic E-state index is 12.2. The molecule has 1 heterocycles. The molecule has 1 aromatic rings. The van der Waals surface area contributed by atoms with Gasteiger partial charge in [-0.3, -0.25) is 9.78 Å². The fourth-order valence-electron chi connectivity index (χ4n) is 1.74. The third-order valence-corrected chi connectivity index (χ3v) is 2.76. The summed E-state index contributed by atoms with van der Waals surface area (Å²) in [6, 6.07) is 1.76. The predicted molar refractivity (Wildman–Crippen MR) is 61.8 cm³/mol. The zero-order valence-electron chi connectivity index (χ0n) is 9.80. The normalized spacial score (nSPS) is 14.6. The standard InChI is InChI=1S/C12H16N2O3/c1-17-5-4-14(10-2-3-10)12(16)9-6-11(15)8-13-7-9/h6-8,10,15H,2-5H2,1H3. The molecule has 1 fully saturated rings. The molecule has 0 unspecified atom stereocenters. The Kier molecular flexibility index (Phi) is 3.58. The largest absolute Gasteiger partial charge is 0.506 e. The number of nitrogens with zero attached hydrogens (tertiary/aromatic N) is 2. The summed E-state index contributed by atoms with van der Waals surface area (Å²) in [6.07, 6.45) is 4.88. The molecular formula is C12H16N2O3. The van der Waals surface area contributed by atoms with Crippen molar-refractivity contribution in [2.24, 2.45) is 0 Å². The molecule has 1 saturated carbocycles. The molecule has 1 aliphatic rings. The molecule has 1 aliphatic carbocycles. The number of ether oxygens (including phenoxy) is 1. The van der Waals surface area contributed by atoms with Crippen LogP contribution in [0.5, 0.6) is 5.75 Å². The first-order valence-corrected chi connectivity index (χ1v) is 5.66. The van der Waals surface area contributed by atoms with Gasteiger partial charge >= 0.3 is 0 Å². The lowest BCUT2D eigenvalue weighted by molar-refractivity contribution is 0.0679. The third-order valence-electron chi connectivity index (χ3n) is 2.76. The van der Waals surface area contributed by atoms with Gasteiger partial charge in [-0.05, 0) is 18.9 Å².